The van der Waals surface area contributed by atoms with Gasteiger partial charge in [-0.25, -0.2) is 0 Å². The molecule has 0 radical (unpaired) electrons. The van der Waals surface area contributed by atoms with E-state index in [1.165, 1.54) is 89.9 Å². The van der Waals surface area contributed by atoms with Gasteiger partial charge in [-0.2, -0.15) is 0 Å². The number of aliphatic hydroxyl groups excluding tert-OH is 1. The first kappa shape index (κ1) is 41.9. The zero-order chi connectivity index (χ0) is 32.2. The van der Waals surface area contributed by atoms with Crippen LogP contribution in [-0.4, -0.2) is 36.4 Å². The normalized spacial score (nSPS) is 12.7. The molecule has 1 N–H and O–H groups in total. The summed E-state index contributed by atoms with van der Waals surface area (Å²) in [7, 11) is 0. The maximum atomic E-state index is 12.1. The van der Waals surface area contributed by atoms with Crippen LogP contribution in [0.15, 0.2) is 48.6 Å². The van der Waals surface area contributed by atoms with Gasteiger partial charge < -0.3 is 14.6 Å². The second-order valence-corrected chi connectivity index (χ2v) is 12.0. The Morgan fingerprint density at radius 2 is 0.932 bits per heavy atom. The monoisotopic (exact) mass is 617 g/mol. The second kappa shape index (κ2) is 35.3. The van der Waals surface area contributed by atoms with Crippen LogP contribution in [0.5, 0.6) is 0 Å². The highest BCUT2D eigenvalue weighted by Crippen LogP contribution is 2.13. The largest absolute Gasteiger partial charge is 0.462 e. The van der Waals surface area contributed by atoms with E-state index in [4.69, 9.17) is 9.47 Å². The Labute approximate surface area is 271 Å². The first-order valence-electron chi connectivity index (χ1n) is 18.2. The van der Waals surface area contributed by atoms with Crippen molar-refractivity contribution in [1.29, 1.82) is 0 Å². The van der Waals surface area contributed by atoms with Crippen LogP contribution in [0, 0.1) is 0 Å². The molecular weight excluding hydrogens is 548 g/mol. The predicted octanol–water partition coefficient (Wildman–Crippen LogP) is 11.1. The topological polar surface area (TPSA) is 72.8 Å². The van der Waals surface area contributed by atoms with Gasteiger partial charge in [0.25, 0.3) is 0 Å². The van der Waals surface area contributed by atoms with E-state index in [2.05, 4.69) is 62.5 Å². The van der Waals surface area contributed by atoms with E-state index in [1.807, 2.05) is 0 Å². The van der Waals surface area contributed by atoms with E-state index in [-0.39, 0.29) is 25.2 Å². The number of carbonyl (C=O) groups is 2. The van der Waals surface area contributed by atoms with Crippen LogP contribution in [0.3, 0.4) is 0 Å². The summed E-state index contributed by atoms with van der Waals surface area (Å²) in [6, 6.07) is 0. The minimum absolute atomic E-state index is 0.0933. The number of ether oxygens (including phenoxy) is 2. The molecule has 0 aliphatic heterocycles. The van der Waals surface area contributed by atoms with Gasteiger partial charge in [0.2, 0.25) is 0 Å². The van der Waals surface area contributed by atoms with Crippen LogP contribution in [0.2, 0.25) is 0 Å². The van der Waals surface area contributed by atoms with Crippen LogP contribution in [0.25, 0.3) is 0 Å². The van der Waals surface area contributed by atoms with E-state index in [1.54, 1.807) is 0 Å². The fourth-order valence-electron chi connectivity index (χ4n) is 4.84. The molecule has 0 aromatic rings. The fraction of sp³-hybridized carbons (Fsp3) is 0.744. The Bertz CT molecular complexity index is 752. The highest BCUT2D eigenvalue weighted by atomic mass is 16.6. The summed E-state index contributed by atoms with van der Waals surface area (Å²) in [5.74, 6) is -0.657. The SMILES string of the molecule is CCCCCC=CCC=CCC=CCC=CCCCC(=O)OCC(CO)OC(=O)CCCCCCCCCCCCCCC. The number of hydrogen-bond donors (Lipinski definition) is 1. The summed E-state index contributed by atoms with van der Waals surface area (Å²) in [6.07, 6.45) is 43.1. The van der Waals surface area contributed by atoms with Crippen LogP contribution >= 0.6 is 0 Å². The highest BCUT2D eigenvalue weighted by molar-refractivity contribution is 5.70. The molecule has 5 nitrogen and oxygen atoms in total. The number of aliphatic hydroxyl groups is 1. The first-order valence-corrected chi connectivity index (χ1v) is 18.2. The fourth-order valence-corrected chi connectivity index (χ4v) is 4.84. The average Bonchev–Trinajstić information content (AvgIpc) is 3.02. The van der Waals surface area contributed by atoms with Crippen molar-refractivity contribution in [2.75, 3.05) is 13.2 Å². The molecule has 0 spiro atoms. The number of hydrogen-bond acceptors (Lipinski definition) is 5. The molecule has 0 aliphatic carbocycles. The standard InChI is InChI=1S/C39H68O5/c1-3-5-7-9-11-13-15-17-18-19-20-22-23-25-27-29-31-33-38(41)43-36-37(35-40)44-39(42)34-32-30-28-26-24-21-16-14-12-10-8-6-4-2/h11,13,17-18,20,22,25,27,37,40H,3-10,12,14-16,19,21,23-24,26,28-36H2,1-2H3. The Balaban J connectivity index is 3.68. The molecule has 5 heteroatoms. The van der Waals surface area contributed by atoms with Crippen LogP contribution in [-0.2, 0) is 19.1 Å². The van der Waals surface area contributed by atoms with Crippen molar-refractivity contribution in [3.63, 3.8) is 0 Å². The summed E-state index contributed by atoms with van der Waals surface area (Å²) in [6.45, 7) is 4.05. The average molecular weight is 617 g/mol. The summed E-state index contributed by atoms with van der Waals surface area (Å²) < 4.78 is 10.5. The molecule has 0 bridgehead atoms. The third-order valence-corrected chi connectivity index (χ3v) is 7.63. The summed E-state index contributed by atoms with van der Waals surface area (Å²) >= 11 is 0. The van der Waals surface area contributed by atoms with Crippen molar-refractivity contribution in [3.8, 4) is 0 Å². The minimum atomic E-state index is -0.790. The molecule has 0 amide bonds. The zero-order valence-corrected chi connectivity index (χ0v) is 28.7. The predicted molar refractivity (Wildman–Crippen MR) is 187 cm³/mol. The lowest BCUT2D eigenvalue weighted by Crippen LogP contribution is -2.28. The van der Waals surface area contributed by atoms with Gasteiger partial charge in [-0.05, 0) is 51.4 Å². The van der Waals surface area contributed by atoms with Crippen molar-refractivity contribution >= 4 is 11.9 Å². The Morgan fingerprint density at radius 1 is 0.523 bits per heavy atom. The number of carbonyl (C=O) groups excluding carboxylic acids is 2. The molecule has 1 unspecified atom stereocenters. The Kier molecular flexibility index (Phi) is 33.6. The Morgan fingerprint density at radius 3 is 1.43 bits per heavy atom. The van der Waals surface area contributed by atoms with Gasteiger partial charge >= 0.3 is 11.9 Å². The summed E-state index contributed by atoms with van der Waals surface area (Å²) in [5, 5.41) is 9.51. The number of unbranched alkanes of at least 4 members (excludes halogenated alkanes) is 16. The zero-order valence-electron chi connectivity index (χ0n) is 28.7. The second-order valence-electron chi connectivity index (χ2n) is 12.0. The molecular formula is C39H68O5. The van der Waals surface area contributed by atoms with E-state index < -0.39 is 6.10 Å². The number of esters is 2. The summed E-state index contributed by atoms with van der Waals surface area (Å²) in [4.78, 5) is 24.1. The van der Waals surface area contributed by atoms with Gasteiger partial charge in [-0.15, -0.1) is 0 Å². The smallest absolute Gasteiger partial charge is 0.306 e. The lowest BCUT2D eigenvalue weighted by molar-refractivity contribution is -0.161. The maximum Gasteiger partial charge on any atom is 0.306 e. The maximum absolute atomic E-state index is 12.1. The van der Waals surface area contributed by atoms with Gasteiger partial charge in [-0.3, -0.25) is 9.59 Å². The molecule has 44 heavy (non-hydrogen) atoms. The van der Waals surface area contributed by atoms with E-state index in [9.17, 15) is 14.7 Å². The van der Waals surface area contributed by atoms with Gasteiger partial charge in [0.05, 0.1) is 6.61 Å². The molecule has 0 aromatic heterocycles. The van der Waals surface area contributed by atoms with Crippen molar-refractivity contribution in [2.24, 2.45) is 0 Å². The van der Waals surface area contributed by atoms with E-state index in [0.717, 1.165) is 44.9 Å². The van der Waals surface area contributed by atoms with Crippen LogP contribution in [0.4, 0.5) is 0 Å². The van der Waals surface area contributed by atoms with Gasteiger partial charge in [0.15, 0.2) is 6.10 Å². The molecule has 0 saturated heterocycles. The molecule has 0 aliphatic rings. The number of allylic oxidation sites excluding steroid dienone is 8. The van der Waals surface area contributed by atoms with Crippen molar-refractivity contribution in [2.45, 2.75) is 174 Å². The highest BCUT2D eigenvalue weighted by Gasteiger charge is 2.16. The number of rotatable bonds is 32. The van der Waals surface area contributed by atoms with Crippen molar-refractivity contribution in [1.82, 2.24) is 0 Å². The molecule has 254 valence electrons. The van der Waals surface area contributed by atoms with Gasteiger partial charge in [0, 0.05) is 12.8 Å². The molecule has 1 atom stereocenters. The van der Waals surface area contributed by atoms with E-state index in [0.29, 0.717) is 19.3 Å². The molecule has 0 rings (SSSR count). The quantitative estimate of drug-likeness (QED) is 0.0462. The van der Waals surface area contributed by atoms with Gasteiger partial charge in [0.1, 0.15) is 6.61 Å². The minimum Gasteiger partial charge on any atom is -0.462 e. The molecule has 0 saturated carbocycles. The molecule has 0 fully saturated rings. The van der Waals surface area contributed by atoms with Crippen molar-refractivity contribution in [3.05, 3.63) is 48.6 Å². The van der Waals surface area contributed by atoms with Crippen LogP contribution in [0.1, 0.15) is 168 Å². The summed E-state index contributed by atoms with van der Waals surface area (Å²) in [5.41, 5.74) is 0. The van der Waals surface area contributed by atoms with Crippen LogP contribution < -0.4 is 0 Å². The van der Waals surface area contributed by atoms with Gasteiger partial charge in [-0.1, -0.05) is 152 Å². The first-order chi connectivity index (χ1) is 21.6. The van der Waals surface area contributed by atoms with E-state index >= 15 is 0 Å². The Hall–Kier alpha value is -2.14. The van der Waals surface area contributed by atoms with Crippen molar-refractivity contribution < 1.29 is 24.2 Å². The lowest BCUT2D eigenvalue weighted by atomic mass is 10.0. The molecule has 0 heterocycles. The third kappa shape index (κ3) is 32.8. The molecule has 0 aromatic carbocycles. The lowest BCUT2D eigenvalue weighted by Gasteiger charge is -2.15. The third-order valence-electron chi connectivity index (χ3n) is 7.63.